The molecule has 0 saturated carbocycles. The van der Waals surface area contributed by atoms with Crippen molar-refractivity contribution in [2.45, 2.75) is 55.6 Å². The van der Waals surface area contributed by atoms with Gasteiger partial charge in [0.15, 0.2) is 0 Å². The van der Waals surface area contributed by atoms with Crippen molar-refractivity contribution >= 4 is 8.81 Å². The molecule has 0 aliphatic rings. The Bertz CT molecular complexity index is 109. The van der Waals surface area contributed by atoms with Gasteiger partial charge in [0.25, 0.3) is 0 Å². The van der Waals surface area contributed by atoms with Crippen LogP contribution in [0.5, 0.6) is 0 Å². The molecule has 0 aromatic carbocycles. The van der Waals surface area contributed by atoms with E-state index in [1.165, 1.54) is 5.57 Å². The van der Waals surface area contributed by atoms with Crippen LogP contribution >= 0.6 is 8.81 Å². The highest BCUT2D eigenvalue weighted by Gasteiger charge is 1.87. The Labute approximate surface area is 94.2 Å². The Kier molecular flexibility index (Phi) is 26.4. The average Bonchev–Trinajstić information content (AvgIpc) is 1.87. The van der Waals surface area contributed by atoms with Crippen LogP contribution in [0.25, 0.3) is 0 Å². The average molecular weight is 222 g/mol. The molecule has 0 N–H and O–H groups in total. The summed E-state index contributed by atoms with van der Waals surface area (Å²) in [4.78, 5) is 0. The molecule has 0 spiro atoms. The van der Waals surface area contributed by atoms with Gasteiger partial charge in [0.2, 0.25) is 0 Å². The van der Waals surface area contributed by atoms with E-state index in [0.29, 0.717) is 20.8 Å². The summed E-state index contributed by atoms with van der Waals surface area (Å²) in [7, 11) is 0.638. The molecule has 0 radical (unpaired) electrons. The highest BCUT2D eigenvalue weighted by molar-refractivity contribution is 7.31. The first-order valence-electron chi connectivity index (χ1n) is 4.39. The maximum Gasteiger partial charge on any atom is 0.0557 e. The maximum absolute atomic E-state index is 5.07. The predicted molar refractivity (Wildman–Crippen MR) is 73.6 cm³/mol. The third-order valence-corrected chi connectivity index (χ3v) is 2.05. The number of rotatable bonds is 3. The van der Waals surface area contributed by atoms with Crippen molar-refractivity contribution in [3.8, 4) is 0 Å². The molecule has 1 nitrogen and oxygen atoms in total. The van der Waals surface area contributed by atoms with Gasteiger partial charge in [-0.3, -0.25) is 0 Å². The van der Waals surface area contributed by atoms with E-state index >= 15 is 0 Å². The van der Waals surface area contributed by atoms with Gasteiger partial charge in [-0.15, -0.1) is 0 Å². The Balaban J connectivity index is -0.0000000625. The maximum atomic E-state index is 5.07. The Morgan fingerprint density at radius 1 is 1.14 bits per heavy atom. The smallest absolute Gasteiger partial charge is 0.0557 e. The highest BCUT2D eigenvalue weighted by atomic mass is 31.1. The van der Waals surface area contributed by atoms with Crippen LogP contribution in [-0.2, 0) is 4.52 Å². The van der Waals surface area contributed by atoms with Gasteiger partial charge in [0.1, 0.15) is 0 Å². The zero-order valence-corrected chi connectivity index (χ0v) is 10.3. The Morgan fingerprint density at radius 3 is 1.43 bits per heavy atom. The fourth-order valence-electron chi connectivity index (χ4n) is 0.236. The molecule has 0 aliphatic heterocycles. The summed E-state index contributed by atoms with van der Waals surface area (Å²) in [5.41, 5.74) is 1.26. The molecule has 0 aromatic rings. The fraction of sp³-hybridized carbons (Fsp3) is 0.833. The first-order chi connectivity index (χ1) is 5.41. The minimum atomic E-state index is 0. The Hall–Kier alpha value is 0.130. The number of hydrogen-bond donors (Lipinski definition) is 0. The summed E-state index contributed by atoms with van der Waals surface area (Å²) in [6.45, 7) is 16.2. The van der Waals surface area contributed by atoms with E-state index in [-0.39, 0.29) is 14.9 Å². The largest absolute Gasteiger partial charge is 0.360 e. The van der Waals surface area contributed by atoms with Crippen molar-refractivity contribution in [3.05, 3.63) is 12.2 Å². The second kappa shape index (κ2) is 15.6. The molecule has 2 heteroatoms. The topological polar surface area (TPSA) is 9.23 Å². The SMILES string of the molecule is C.C.C=C(C)C(C)C.CPOC(C)C. The van der Waals surface area contributed by atoms with Crippen LogP contribution in [0.4, 0.5) is 0 Å². The van der Waals surface area contributed by atoms with Gasteiger partial charge in [0.05, 0.1) is 6.10 Å². The summed E-state index contributed by atoms with van der Waals surface area (Å²) >= 11 is 0. The first-order valence-corrected chi connectivity index (χ1v) is 5.80. The summed E-state index contributed by atoms with van der Waals surface area (Å²) in [5, 5.41) is 0. The lowest BCUT2D eigenvalue weighted by molar-refractivity contribution is 0.281. The second-order valence-electron chi connectivity index (χ2n) is 3.37. The van der Waals surface area contributed by atoms with E-state index < -0.39 is 0 Å². The van der Waals surface area contributed by atoms with E-state index in [2.05, 4.69) is 20.4 Å². The standard InChI is InChI=1S/C6H12.C4H11OP.2CH4/c1-5(2)6(3)4;1-4(2)5-6-3;;/h6H,1H2,2-4H3;4,6H,1-3H3;2*1H4. The van der Waals surface area contributed by atoms with E-state index in [0.717, 1.165) is 0 Å². The molecule has 1 atom stereocenters. The van der Waals surface area contributed by atoms with Crippen molar-refractivity contribution in [1.29, 1.82) is 0 Å². The van der Waals surface area contributed by atoms with Crippen LogP contribution in [0.15, 0.2) is 12.2 Å². The van der Waals surface area contributed by atoms with Crippen molar-refractivity contribution < 1.29 is 4.52 Å². The van der Waals surface area contributed by atoms with Gasteiger partial charge >= 0.3 is 0 Å². The van der Waals surface area contributed by atoms with E-state index in [1.807, 2.05) is 27.4 Å². The van der Waals surface area contributed by atoms with E-state index in [1.54, 1.807) is 0 Å². The van der Waals surface area contributed by atoms with Crippen LogP contribution in [-0.4, -0.2) is 12.8 Å². The molecular formula is C12H31OP. The third kappa shape index (κ3) is 29.6. The van der Waals surface area contributed by atoms with Crippen molar-refractivity contribution in [1.82, 2.24) is 0 Å². The molecule has 0 fully saturated rings. The van der Waals surface area contributed by atoms with E-state index in [9.17, 15) is 0 Å². The fourth-order valence-corrected chi connectivity index (χ4v) is 0.707. The monoisotopic (exact) mass is 222 g/mol. The van der Waals surface area contributed by atoms with Gasteiger partial charge in [-0.1, -0.05) is 40.9 Å². The Morgan fingerprint density at radius 2 is 1.43 bits per heavy atom. The molecule has 0 amide bonds. The zero-order chi connectivity index (χ0) is 10.1. The summed E-state index contributed by atoms with van der Waals surface area (Å²) < 4.78 is 5.07. The molecule has 0 heterocycles. The van der Waals surface area contributed by atoms with Crippen molar-refractivity contribution in [2.24, 2.45) is 5.92 Å². The molecule has 0 aromatic heterocycles. The van der Waals surface area contributed by atoms with Crippen molar-refractivity contribution in [3.63, 3.8) is 0 Å². The minimum Gasteiger partial charge on any atom is -0.360 e. The van der Waals surface area contributed by atoms with Crippen LogP contribution < -0.4 is 0 Å². The molecule has 0 bridgehead atoms. The lowest BCUT2D eigenvalue weighted by Crippen LogP contribution is -1.90. The molecule has 14 heavy (non-hydrogen) atoms. The van der Waals surface area contributed by atoms with Crippen LogP contribution in [0.2, 0.25) is 0 Å². The lowest BCUT2D eigenvalue weighted by Gasteiger charge is -2.00. The highest BCUT2D eigenvalue weighted by Crippen LogP contribution is 2.07. The summed E-state index contributed by atoms with van der Waals surface area (Å²) in [6, 6.07) is 0. The molecule has 0 aliphatic carbocycles. The van der Waals surface area contributed by atoms with Crippen LogP contribution in [0.3, 0.4) is 0 Å². The second-order valence-corrected chi connectivity index (χ2v) is 4.02. The van der Waals surface area contributed by atoms with Gasteiger partial charge in [-0.05, 0) is 33.4 Å². The van der Waals surface area contributed by atoms with Gasteiger partial charge in [0, 0.05) is 8.81 Å². The van der Waals surface area contributed by atoms with Gasteiger partial charge in [-0.2, -0.15) is 0 Å². The lowest BCUT2D eigenvalue weighted by atomic mass is 10.1. The normalized spacial score (nSPS) is 9.14. The third-order valence-electron chi connectivity index (χ3n) is 1.34. The minimum absolute atomic E-state index is 0. The summed E-state index contributed by atoms with van der Waals surface area (Å²) in [6.07, 6.45) is 0.410. The van der Waals surface area contributed by atoms with Crippen LogP contribution in [0.1, 0.15) is 49.5 Å². The number of hydrogen-bond acceptors (Lipinski definition) is 1. The van der Waals surface area contributed by atoms with Crippen molar-refractivity contribution in [2.75, 3.05) is 6.66 Å². The van der Waals surface area contributed by atoms with Gasteiger partial charge < -0.3 is 4.52 Å². The molecule has 90 valence electrons. The van der Waals surface area contributed by atoms with E-state index in [4.69, 9.17) is 4.52 Å². The number of allylic oxidation sites excluding steroid dienone is 1. The predicted octanol–water partition coefficient (Wildman–Crippen LogP) is 5.13. The molecule has 0 saturated heterocycles. The quantitative estimate of drug-likeness (QED) is 0.475. The van der Waals surface area contributed by atoms with Gasteiger partial charge in [-0.25, -0.2) is 0 Å². The van der Waals surface area contributed by atoms with Crippen LogP contribution in [0, 0.1) is 5.92 Å². The first kappa shape index (κ1) is 23.7. The summed E-state index contributed by atoms with van der Waals surface area (Å²) in [5.74, 6) is 0.657. The molecule has 1 unspecified atom stereocenters. The molecule has 0 rings (SSSR count). The zero-order valence-electron chi connectivity index (χ0n) is 9.27. The molecular weight excluding hydrogens is 191 g/mol.